The first-order chi connectivity index (χ1) is 12.2. The second-order valence-electron chi connectivity index (χ2n) is 8.40. The molecule has 2 aromatic rings. The van der Waals surface area contributed by atoms with Crippen LogP contribution >= 0.6 is 0 Å². The summed E-state index contributed by atoms with van der Waals surface area (Å²) >= 11 is 0. The minimum atomic E-state index is -0.235. The van der Waals surface area contributed by atoms with Crippen LogP contribution in [0.2, 0.25) is 0 Å². The molecule has 26 heavy (non-hydrogen) atoms. The molecule has 1 amide bonds. The fourth-order valence-corrected chi connectivity index (χ4v) is 3.51. The number of fused-ring (bicyclic) bond motifs is 1. The maximum atomic E-state index is 13.4. The lowest BCUT2D eigenvalue weighted by Crippen LogP contribution is -2.20. The van der Waals surface area contributed by atoms with E-state index in [-0.39, 0.29) is 23.2 Å². The topological polar surface area (TPSA) is 41.1 Å². The molecule has 0 heterocycles. The number of nitrogens with one attached hydrogen (secondary N) is 2. The van der Waals surface area contributed by atoms with E-state index < -0.39 is 0 Å². The number of anilines is 2. The third-order valence-electron chi connectivity index (χ3n) is 4.69. The molecule has 0 aromatic heterocycles. The molecule has 0 spiro atoms. The fraction of sp³-hybridized carbons (Fsp3) is 0.409. The molecule has 2 N–H and O–H groups in total. The summed E-state index contributed by atoms with van der Waals surface area (Å²) in [6.45, 7) is 8.20. The molecular weight excluding hydrogens is 327 g/mol. The monoisotopic (exact) mass is 354 g/mol. The lowest BCUT2D eigenvalue weighted by atomic mass is 9.92. The van der Waals surface area contributed by atoms with E-state index in [1.807, 2.05) is 13.0 Å². The van der Waals surface area contributed by atoms with Gasteiger partial charge < -0.3 is 10.6 Å². The maximum absolute atomic E-state index is 13.4. The molecular formula is C22H27FN2O. The molecule has 3 rings (SSSR count). The van der Waals surface area contributed by atoms with Gasteiger partial charge in [0.25, 0.3) is 0 Å². The number of hydrogen-bond donors (Lipinski definition) is 2. The van der Waals surface area contributed by atoms with Crippen LogP contribution < -0.4 is 10.6 Å². The normalized spacial score (nSPS) is 16.3. The van der Waals surface area contributed by atoms with Gasteiger partial charge in [-0.3, -0.25) is 4.79 Å². The van der Waals surface area contributed by atoms with Gasteiger partial charge in [-0.2, -0.15) is 0 Å². The van der Waals surface area contributed by atoms with E-state index >= 15 is 0 Å². The summed E-state index contributed by atoms with van der Waals surface area (Å²) in [5, 5.41) is 6.49. The van der Waals surface area contributed by atoms with Crippen molar-refractivity contribution in [3.63, 3.8) is 0 Å². The van der Waals surface area contributed by atoms with Crippen LogP contribution in [0, 0.1) is 18.2 Å². The Morgan fingerprint density at radius 3 is 2.69 bits per heavy atom. The van der Waals surface area contributed by atoms with Gasteiger partial charge in [-0.15, -0.1) is 0 Å². The van der Waals surface area contributed by atoms with Crippen LogP contribution in [-0.4, -0.2) is 5.91 Å². The molecule has 0 saturated heterocycles. The Hall–Kier alpha value is -2.36. The third kappa shape index (κ3) is 4.43. The van der Waals surface area contributed by atoms with Crippen LogP contribution in [0.5, 0.6) is 0 Å². The van der Waals surface area contributed by atoms with Crippen LogP contribution in [0.4, 0.5) is 15.8 Å². The van der Waals surface area contributed by atoms with Crippen molar-refractivity contribution < 1.29 is 9.18 Å². The molecule has 1 aliphatic carbocycles. The van der Waals surface area contributed by atoms with Crippen molar-refractivity contribution in [2.24, 2.45) is 5.41 Å². The zero-order valence-corrected chi connectivity index (χ0v) is 15.9. The second kappa shape index (κ2) is 7.10. The first-order valence-electron chi connectivity index (χ1n) is 9.17. The smallest absolute Gasteiger partial charge is 0.224 e. The molecule has 0 bridgehead atoms. The van der Waals surface area contributed by atoms with Gasteiger partial charge in [-0.05, 0) is 66.1 Å². The highest BCUT2D eigenvalue weighted by Gasteiger charge is 2.24. The predicted molar refractivity (Wildman–Crippen MR) is 105 cm³/mol. The molecule has 2 aromatic carbocycles. The Kier molecular flexibility index (Phi) is 5.03. The lowest BCUT2D eigenvalue weighted by Gasteiger charge is -2.19. The zero-order valence-electron chi connectivity index (χ0n) is 15.9. The number of rotatable bonds is 4. The molecule has 4 heteroatoms. The summed E-state index contributed by atoms with van der Waals surface area (Å²) in [4.78, 5) is 12.3. The van der Waals surface area contributed by atoms with Crippen molar-refractivity contribution in [2.75, 3.05) is 10.6 Å². The number of halogens is 1. The zero-order chi connectivity index (χ0) is 18.9. The minimum Gasteiger partial charge on any atom is -0.378 e. The van der Waals surface area contributed by atoms with Crippen molar-refractivity contribution >= 4 is 17.3 Å². The van der Waals surface area contributed by atoms with E-state index in [0.717, 1.165) is 29.8 Å². The van der Waals surface area contributed by atoms with Crippen LogP contribution in [0.1, 0.15) is 56.3 Å². The van der Waals surface area contributed by atoms with Gasteiger partial charge >= 0.3 is 0 Å². The van der Waals surface area contributed by atoms with Crippen LogP contribution in [0.25, 0.3) is 0 Å². The molecule has 138 valence electrons. The first kappa shape index (κ1) is 18.4. The SMILES string of the molecule is Cc1cc2c(cc1NC(=O)CC(C)(C)C)CCC2Nc1cccc(F)c1. The maximum Gasteiger partial charge on any atom is 0.224 e. The summed E-state index contributed by atoms with van der Waals surface area (Å²) < 4.78 is 13.4. The summed E-state index contributed by atoms with van der Waals surface area (Å²) in [5.41, 5.74) is 5.19. The van der Waals surface area contributed by atoms with Crippen LogP contribution in [-0.2, 0) is 11.2 Å². The summed E-state index contributed by atoms with van der Waals surface area (Å²) in [7, 11) is 0. The molecule has 0 saturated carbocycles. The average Bonchev–Trinajstić information content (AvgIpc) is 2.88. The highest BCUT2D eigenvalue weighted by molar-refractivity contribution is 5.92. The number of aryl methyl sites for hydroxylation is 2. The van der Waals surface area contributed by atoms with Crippen LogP contribution in [0.15, 0.2) is 36.4 Å². The Bertz CT molecular complexity index is 823. The Labute approximate surface area is 155 Å². The van der Waals surface area contributed by atoms with E-state index in [1.165, 1.54) is 23.3 Å². The number of carbonyl (C=O) groups excluding carboxylic acids is 1. The van der Waals surface area contributed by atoms with Gasteiger partial charge in [0.15, 0.2) is 0 Å². The summed E-state index contributed by atoms with van der Waals surface area (Å²) in [6, 6.07) is 11.0. The van der Waals surface area contributed by atoms with E-state index in [0.29, 0.717) is 6.42 Å². The van der Waals surface area contributed by atoms with Crippen LogP contribution in [0.3, 0.4) is 0 Å². The third-order valence-corrected chi connectivity index (χ3v) is 4.69. The Balaban J connectivity index is 1.76. The van der Waals surface area contributed by atoms with E-state index in [1.54, 1.807) is 6.07 Å². The molecule has 1 atom stereocenters. The largest absolute Gasteiger partial charge is 0.378 e. The van der Waals surface area contributed by atoms with Gasteiger partial charge in [0.1, 0.15) is 5.82 Å². The van der Waals surface area contributed by atoms with Crippen molar-refractivity contribution in [1.82, 2.24) is 0 Å². The molecule has 0 radical (unpaired) electrons. The Morgan fingerprint density at radius 2 is 2.00 bits per heavy atom. The minimum absolute atomic E-state index is 0.0330. The van der Waals surface area contributed by atoms with Crippen molar-refractivity contribution in [1.29, 1.82) is 0 Å². The molecule has 0 aliphatic heterocycles. The lowest BCUT2D eigenvalue weighted by molar-refractivity contribution is -0.117. The van der Waals surface area contributed by atoms with E-state index in [9.17, 15) is 9.18 Å². The summed E-state index contributed by atoms with van der Waals surface area (Å²) in [6.07, 6.45) is 2.41. The van der Waals surface area contributed by atoms with Gasteiger partial charge in [0.05, 0.1) is 6.04 Å². The molecule has 3 nitrogen and oxygen atoms in total. The van der Waals surface area contributed by atoms with Crippen molar-refractivity contribution in [3.05, 3.63) is 58.9 Å². The molecule has 1 unspecified atom stereocenters. The number of amides is 1. The number of benzene rings is 2. The quantitative estimate of drug-likeness (QED) is 0.749. The number of carbonyl (C=O) groups is 1. The van der Waals surface area contributed by atoms with E-state index in [2.05, 4.69) is 43.5 Å². The molecule has 1 aliphatic rings. The summed E-state index contributed by atoms with van der Waals surface area (Å²) in [5.74, 6) is -0.186. The first-order valence-corrected chi connectivity index (χ1v) is 9.17. The van der Waals surface area contributed by atoms with Gasteiger partial charge in [-0.25, -0.2) is 4.39 Å². The fourth-order valence-electron chi connectivity index (χ4n) is 3.51. The Morgan fingerprint density at radius 1 is 1.23 bits per heavy atom. The highest BCUT2D eigenvalue weighted by atomic mass is 19.1. The molecule has 0 fully saturated rings. The van der Waals surface area contributed by atoms with Gasteiger partial charge in [0.2, 0.25) is 5.91 Å². The highest BCUT2D eigenvalue weighted by Crippen LogP contribution is 2.37. The second-order valence-corrected chi connectivity index (χ2v) is 8.40. The predicted octanol–water partition coefficient (Wildman–Crippen LogP) is 5.61. The number of hydrogen-bond acceptors (Lipinski definition) is 2. The average molecular weight is 354 g/mol. The van der Waals surface area contributed by atoms with Crippen molar-refractivity contribution in [2.45, 2.75) is 53.0 Å². The van der Waals surface area contributed by atoms with Crippen molar-refractivity contribution in [3.8, 4) is 0 Å². The van der Waals surface area contributed by atoms with E-state index in [4.69, 9.17) is 0 Å². The van der Waals surface area contributed by atoms with Gasteiger partial charge in [-0.1, -0.05) is 32.9 Å². The van der Waals surface area contributed by atoms with Gasteiger partial charge in [0, 0.05) is 17.8 Å². The standard InChI is InChI=1S/C22H27FN2O/c1-14-10-18-15(11-20(14)25-21(26)13-22(2,3)4)8-9-19(18)24-17-7-5-6-16(23)12-17/h5-7,10-12,19,24H,8-9,13H2,1-4H3,(H,25,26).